The number of nitrogens with one attached hydrogen (secondary N) is 1. The molecule has 6 nitrogen and oxygen atoms in total. The van der Waals surface area contributed by atoms with E-state index in [2.05, 4.69) is 15.0 Å². The topological polar surface area (TPSA) is 92.0 Å². The van der Waals surface area contributed by atoms with Gasteiger partial charge in [-0.3, -0.25) is 0 Å². The molecule has 0 saturated heterocycles. The number of aromatic amines is 1. The molecule has 0 atom stereocenters. The zero-order valence-electron chi connectivity index (χ0n) is 9.77. The molecule has 0 amide bonds. The Kier molecular flexibility index (Phi) is 2.34. The van der Waals surface area contributed by atoms with E-state index in [1.807, 2.05) is 0 Å². The van der Waals surface area contributed by atoms with Crippen LogP contribution >= 0.6 is 0 Å². The molecule has 2 aromatic heterocycles. The third-order valence-corrected chi connectivity index (χ3v) is 2.74. The minimum absolute atomic E-state index is 0.180. The summed E-state index contributed by atoms with van der Waals surface area (Å²) >= 11 is 0. The monoisotopic (exact) mass is 261 g/mol. The number of aromatic carboxylic acids is 1. The van der Waals surface area contributed by atoms with Gasteiger partial charge in [-0.25, -0.2) is 19.2 Å². The van der Waals surface area contributed by atoms with E-state index >= 15 is 0 Å². The van der Waals surface area contributed by atoms with E-state index in [0.29, 0.717) is 22.8 Å². The number of fused-ring (bicyclic) bond motifs is 1. The number of imidazole rings is 1. The van der Waals surface area contributed by atoms with E-state index in [1.165, 1.54) is 12.5 Å². The number of hydrogen-bond donors (Lipinski definition) is 2. The van der Waals surface area contributed by atoms with Gasteiger partial charge in [0.15, 0.2) is 18.0 Å². The summed E-state index contributed by atoms with van der Waals surface area (Å²) in [5.74, 6) is -1.17. The normalized spacial score (nSPS) is 11.1. The summed E-state index contributed by atoms with van der Waals surface area (Å²) in [5.41, 5.74) is 0.883. The van der Waals surface area contributed by atoms with Crippen LogP contribution in [0.15, 0.2) is 22.9 Å². The first kappa shape index (κ1) is 11.4. The number of hydrogen-bond acceptors (Lipinski definition) is 4. The Morgan fingerprint density at radius 2 is 2.26 bits per heavy atom. The summed E-state index contributed by atoms with van der Waals surface area (Å²) in [6, 6.07) is 2.12. The largest absolute Gasteiger partial charge is 0.478 e. The average molecular weight is 261 g/mol. The number of benzene rings is 1. The van der Waals surface area contributed by atoms with Gasteiger partial charge in [0.1, 0.15) is 11.3 Å². The number of carboxylic acid groups (broad SMARTS) is 1. The van der Waals surface area contributed by atoms with Gasteiger partial charge in [-0.05, 0) is 19.1 Å². The molecule has 0 aliphatic heterocycles. The van der Waals surface area contributed by atoms with Gasteiger partial charge >= 0.3 is 5.97 Å². The molecule has 3 aromatic rings. The Bertz CT molecular complexity index is 791. The lowest BCUT2D eigenvalue weighted by molar-refractivity contribution is 0.0698. The number of aromatic nitrogens is 3. The van der Waals surface area contributed by atoms with Crippen LogP contribution in [0.2, 0.25) is 0 Å². The van der Waals surface area contributed by atoms with Gasteiger partial charge < -0.3 is 14.5 Å². The standard InChI is InChI=1S/C12H8FN3O3/c1-5-10(19-4-14-5)11-15-8-3-6(13)2-7(12(17)18)9(8)16-11/h2-4H,1H3,(H,15,16)(H,17,18). The first-order chi connectivity index (χ1) is 9.06. The third-order valence-electron chi connectivity index (χ3n) is 2.74. The van der Waals surface area contributed by atoms with Gasteiger partial charge in [0, 0.05) is 0 Å². The molecule has 7 heteroatoms. The number of aryl methyl sites for hydroxylation is 1. The minimum Gasteiger partial charge on any atom is -0.478 e. The van der Waals surface area contributed by atoms with Crippen molar-refractivity contribution in [3.63, 3.8) is 0 Å². The smallest absolute Gasteiger partial charge is 0.338 e. The molecule has 2 heterocycles. The second-order valence-corrected chi connectivity index (χ2v) is 4.01. The number of carboxylic acids is 1. The van der Waals surface area contributed by atoms with E-state index in [9.17, 15) is 9.18 Å². The summed E-state index contributed by atoms with van der Waals surface area (Å²) < 4.78 is 18.5. The fraction of sp³-hybridized carbons (Fsp3) is 0.0833. The van der Waals surface area contributed by atoms with Crippen molar-refractivity contribution in [2.75, 3.05) is 0 Å². The van der Waals surface area contributed by atoms with E-state index in [-0.39, 0.29) is 11.1 Å². The predicted octanol–water partition coefficient (Wildman–Crippen LogP) is 2.36. The number of oxazole rings is 1. The van der Waals surface area contributed by atoms with Crippen molar-refractivity contribution in [3.05, 3.63) is 35.6 Å². The molecule has 0 saturated carbocycles. The van der Waals surface area contributed by atoms with Gasteiger partial charge in [0.2, 0.25) is 0 Å². The molecule has 3 rings (SSSR count). The van der Waals surface area contributed by atoms with E-state index in [1.54, 1.807) is 6.92 Å². The maximum atomic E-state index is 13.3. The van der Waals surface area contributed by atoms with Crippen molar-refractivity contribution in [2.24, 2.45) is 0 Å². The third kappa shape index (κ3) is 1.75. The Hall–Kier alpha value is -2.70. The van der Waals surface area contributed by atoms with Gasteiger partial charge in [0.25, 0.3) is 0 Å². The summed E-state index contributed by atoms with van der Waals surface area (Å²) in [5, 5.41) is 9.05. The molecule has 1 aromatic carbocycles. The number of halogens is 1. The van der Waals surface area contributed by atoms with Crippen molar-refractivity contribution < 1.29 is 18.7 Å². The van der Waals surface area contributed by atoms with Gasteiger partial charge in [-0.15, -0.1) is 0 Å². The molecule has 0 aliphatic carbocycles. The molecule has 0 radical (unpaired) electrons. The Morgan fingerprint density at radius 3 is 2.89 bits per heavy atom. The van der Waals surface area contributed by atoms with Crippen LogP contribution < -0.4 is 0 Å². The lowest BCUT2D eigenvalue weighted by Crippen LogP contribution is -1.98. The van der Waals surface area contributed by atoms with Gasteiger partial charge in [0.05, 0.1) is 16.8 Å². The summed E-state index contributed by atoms with van der Waals surface area (Å²) in [6.07, 6.45) is 1.26. The fourth-order valence-corrected chi connectivity index (χ4v) is 1.88. The molecule has 0 aliphatic rings. The lowest BCUT2D eigenvalue weighted by Gasteiger charge is -1.95. The molecule has 0 fully saturated rings. The van der Waals surface area contributed by atoms with E-state index in [4.69, 9.17) is 9.52 Å². The highest BCUT2D eigenvalue weighted by atomic mass is 19.1. The van der Waals surface area contributed by atoms with Crippen molar-refractivity contribution in [2.45, 2.75) is 6.92 Å². The van der Waals surface area contributed by atoms with Crippen LogP contribution in [0.1, 0.15) is 16.1 Å². The highest BCUT2D eigenvalue weighted by Gasteiger charge is 2.18. The molecular formula is C12H8FN3O3. The van der Waals surface area contributed by atoms with Crippen LogP contribution in [0, 0.1) is 12.7 Å². The molecule has 0 bridgehead atoms. The zero-order valence-corrected chi connectivity index (χ0v) is 9.77. The maximum absolute atomic E-state index is 13.3. The lowest BCUT2D eigenvalue weighted by atomic mass is 10.2. The quantitative estimate of drug-likeness (QED) is 0.738. The second kappa shape index (κ2) is 3.91. The first-order valence-electron chi connectivity index (χ1n) is 5.39. The SMILES string of the molecule is Cc1ncoc1-c1nc2c(C(=O)O)cc(F)cc2[nH]1. The Morgan fingerprint density at radius 1 is 1.47 bits per heavy atom. The zero-order chi connectivity index (χ0) is 13.6. The number of rotatable bonds is 2. The molecular weight excluding hydrogens is 253 g/mol. The number of nitrogens with zero attached hydrogens (tertiary/aromatic N) is 2. The molecule has 0 unspecified atom stereocenters. The van der Waals surface area contributed by atoms with Crippen LogP contribution in [0.25, 0.3) is 22.6 Å². The number of carbonyl (C=O) groups is 1. The average Bonchev–Trinajstić information content (AvgIpc) is 2.93. The van der Waals surface area contributed by atoms with Crippen molar-refractivity contribution in [3.8, 4) is 11.6 Å². The van der Waals surface area contributed by atoms with Crippen LogP contribution in [0.3, 0.4) is 0 Å². The molecule has 19 heavy (non-hydrogen) atoms. The van der Waals surface area contributed by atoms with Crippen LogP contribution in [-0.2, 0) is 0 Å². The second-order valence-electron chi connectivity index (χ2n) is 4.01. The van der Waals surface area contributed by atoms with E-state index in [0.717, 1.165) is 6.07 Å². The fourth-order valence-electron chi connectivity index (χ4n) is 1.88. The number of H-pyrrole nitrogens is 1. The summed E-state index contributed by atoms with van der Waals surface area (Å²) in [4.78, 5) is 22.0. The Balaban J connectivity index is 2.29. The van der Waals surface area contributed by atoms with Crippen molar-refractivity contribution in [1.82, 2.24) is 15.0 Å². The van der Waals surface area contributed by atoms with Crippen molar-refractivity contribution in [1.29, 1.82) is 0 Å². The van der Waals surface area contributed by atoms with Gasteiger partial charge in [-0.1, -0.05) is 0 Å². The maximum Gasteiger partial charge on any atom is 0.338 e. The highest BCUT2D eigenvalue weighted by Crippen LogP contribution is 2.25. The molecule has 96 valence electrons. The molecule has 2 N–H and O–H groups in total. The highest BCUT2D eigenvalue weighted by molar-refractivity contribution is 6.01. The van der Waals surface area contributed by atoms with Crippen LogP contribution in [0.5, 0.6) is 0 Å². The summed E-state index contributed by atoms with van der Waals surface area (Å²) in [7, 11) is 0. The van der Waals surface area contributed by atoms with E-state index < -0.39 is 11.8 Å². The van der Waals surface area contributed by atoms with Crippen molar-refractivity contribution >= 4 is 17.0 Å². The predicted molar refractivity (Wildman–Crippen MR) is 63.2 cm³/mol. The van der Waals surface area contributed by atoms with Crippen LogP contribution in [0.4, 0.5) is 4.39 Å². The minimum atomic E-state index is -1.24. The first-order valence-corrected chi connectivity index (χ1v) is 5.39. The molecule has 0 spiro atoms. The summed E-state index contributed by atoms with van der Waals surface area (Å²) in [6.45, 7) is 1.73. The van der Waals surface area contributed by atoms with Gasteiger partial charge in [-0.2, -0.15) is 0 Å². The Labute approximate surface area is 105 Å². The van der Waals surface area contributed by atoms with Crippen LogP contribution in [-0.4, -0.2) is 26.0 Å².